The molecule has 0 saturated heterocycles. The molecule has 0 saturated carbocycles. The molecule has 0 amide bonds. The number of hydrogen-bond acceptors (Lipinski definition) is 4. The number of benzene rings is 2. The molecule has 0 aliphatic heterocycles. The van der Waals surface area contributed by atoms with Gasteiger partial charge >= 0.3 is 6.18 Å². The fraction of sp³-hybridized carbons (Fsp3) is 0.517. The Bertz CT molecular complexity index is 1180. The summed E-state index contributed by atoms with van der Waals surface area (Å²) in [6.07, 6.45) is 1.73. The van der Waals surface area contributed by atoms with E-state index in [2.05, 4.69) is 5.32 Å². The monoisotopic (exact) mass is 555 g/mol. The number of rotatable bonds is 14. The summed E-state index contributed by atoms with van der Waals surface area (Å²) in [5.41, 5.74) is 5.81. The topological polar surface area (TPSA) is 66.4 Å². The Morgan fingerprint density at radius 3 is 2.29 bits per heavy atom. The van der Waals surface area contributed by atoms with Crippen molar-refractivity contribution in [2.24, 2.45) is 0 Å². The number of alkyl halides is 3. The van der Waals surface area contributed by atoms with Crippen LogP contribution in [0.3, 0.4) is 0 Å². The maximum atomic E-state index is 13.5. The van der Waals surface area contributed by atoms with Gasteiger partial charge in [0.05, 0.1) is 17.9 Å². The average molecular weight is 556 g/mol. The van der Waals surface area contributed by atoms with E-state index in [4.69, 9.17) is 0 Å². The van der Waals surface area contributed by atoms with Gasteiger partial charge in [0.25, 0.3) is 0 Å². The van der Waals surface area contributed by atoms with Gasteiger partial charge in [-0.1, -0.05) is 24.6 Å². The minimum absolute atomic E-state index is 0.213. The molecule has 210 valence electrons. The summed E-state index contributed by atoms with van der Waals surface area (Å²) in [6, 6.07) is 12.2. The number of phenols is 1. The molecule has 0 spiro atoms. The fourth-order valence-corrected chi connectivity index (χ4v) is 6.29. The molecule has 3 rings (SSSR count). The summed E-state index contributed by atoms with van der Waals surface area (Å²) in [5, 5.41) is 13.3. The first kappa shape index (κ1) is 30.2. The molecule has 1 aliphatic carbocycles. The third kappa shape index (κ3) is 10.1. The highest BCUT2D eigenvalue weighted by molar-refractivity contribution is 7.91. The molecule has 0 heterocycles. The lowest BCUT2D eigenvalue weighted by Crippen LogP contribution is -2.20. The van der Waals surface area contributed by atoms with Crippen LogP contribution in [0.1, 0.15) is 74.5 Å². The molecule has 9 heteroatoms. The smallest absolute Gasteiger partial charge is 0.390 e. The van der Waals surface area contributed by atoms with Gasteiger partial charge in [-0.25, -0.2) is 12.8 Å². The maximum absolute atomic E-state index is 13.5. The molecule has 2 aromatic rings. The van der Waals surface area contributed by atoms with Crippen molar-refractivity contribution < 1.29 is 31.1 Å². The van der Waals surface area contributed by atoms with E-state index < -0.39 is 28.2 Å². The Balaban J connectivity index is 1.45. The zero-order chi connectivity index (χ0) is 27.6. The zero-order valence-electron chi connectivity index (χ0n) is 21.6. The number of phenolic OH excluding ortho intramolecular Hbond substituents is 1. The molecule has 0 aromatic heterocycles. The van der Waals surface area contributed by atoms with Crippen LogP contribution in [-0.2, 0) is 16.3 Å². The number of sulfone groups is 1. The molecule has 2 N–H and O–H groups in total. The molecule has 0 bridgehead atoms. The van der Waals surface area contributed by atoms with Crippen LogP contribution in [0.4, 0.5) is 17.6 Å². The number of nitrogens with one attached hydrogen (secondary N) is 1. The van der Waals surface area contributed by atoms with Gasteiger partial charge in [-0.15, -0.1) is 0 Å². The van der Waals surface area contributed by atoms with Gasteiger partial charge in [0.2, 0.25) is 0 Å². The number of fused-ring (bicyclic) bond motifs is 1. The lowest BCUT2D eigenvalue weighted by molar-refractivity contribution is -0.129. The number of halogens is 4. The second kappa shape index (κ2) is 14.1. The molecular weight excluding hydrogens is 518 g/mol. The maximum Gasteiger partial charge on any atom is 0.390 e. The molecule has 2 aromatic carbocycles. The lowest BCUT2D eigenvalue weighted by Gasteiger charge is -2.16. The third-order valence-corrected chi connectivity index (χ3v) is 8.62. The first-order valence-electron chi connectivity index (χ1n) is 13.3. The summed E-state index contributed by atoms with van der Waals surface area (Å²) in [4.78, 5) is 0. The summed E-state index contributed by atoms with van der Waals surface area (Å²) < 4.78 is 73.6. The number of hydrogen-bond donors (Lipinski definition) is 2. The quantitative estimate of drug-likeness (QED) is 0.193. The second-order valence-corrected chi connectivity index (χ2v) is 12.2. The van der Waals surface area contributed by atoms with Crippen molar-refractivity contribution in [2.75, 3.05) is 24.6 Å². The van der Waals surface area contributed by atoms with Crippen LogP contribution in [0.15, 0.2) is 42.5 Å². The van der Waals surface area contributed by atoms with E-state index in [1.54, 1.807) is 6.07 Å². The average Bonchev–Trinajstić information content (AvgIpc) is 3.03. The highest BCUT2D eigenvalue weighted by Gasteiger charge is 2.29. The predicted molar refractivity (Wildman–Crippen MR) is 144 cm³/mol. The zero-order valence-corrected chi connectivity index (χ0v) is 22.4. The Morgan fingerprint density at radius 1 is 0.868 bits per heavy atom. The summed E-state index contributed by atoms with van der Waals surface area (Å²) >= 11 is 0. The fourth-order valence-electron chi connectivity index (χ4n) is 4.90. The van der Waals surface area contributed by atoms with Crippen molar-refractivity contribution in [3.8, 4) is 5.75 Å². The van der Waals surface area contributed by atoms with Crippen molar-refractivity contribution in [1.82, 2.24) is 5.32 Å². The van der Waals surface area contributed by atoms with Crippen LogP contribution in [0.2, 0.25) is 0 Å². The highest BCUT2D eigenvalue weighted by Crippen LogP contribution is 2.39. The van der Waals surface area contributed by atoms with E-state index in [0.717, 1.165) is 68.2 Å². The van der Waals surface area contributed by atoms with E-state index in [9.17, 15) is 31.1 Å². The van der Waals surface area contributed by atoms with Crippen LogP contribution in [0.5, 0.6) is 5.75 Å². The molecule has 0 unspecified atom stereocenters. The van der Waals surface area contributed by atoms with Gasteiger partial charge in [0, 0.05) is 0 Å². The van der Waals surface area contributed by atoms with E-state index in [-0.39, 0.29) is 17.3 Å². The van der Waals surface area contributed by atoms with Crippen LogP contribution in [-0.4, -0.2) is 44.3 Å². The second-order valence-electron chi connectivity index (χ2n) is 9.94. The first-order valence-corrected chi connectivity index (χ1v) is 15.1. The molecular formula is C29H37F4NO3S. The van der Waals surface area contributed by atoms with Crippen LogP contribution in [0.25, 0.3) is 11.1 Å². The van der Waals surface area contributed by atoms with Gasteiger partial charge in [0.15, 0.2) is 9.84 Å². The number of unbranched alkanes of at least 4 members (excludes halogenated alkanes) is 3. The van der Waals surface area contributed by atoms with Crippen molar-refractivity contribution in [3.63, 3.8) is 0 Å². The molecule has 4 nitrogen and oxygen atoms in total. The van der Waals surface area contributed by atoms with Gasteiger partial charge in [-0.2, -0.15) is 13.2 Å². The Hall–Kier alpha value is -2.39. The molecule has 0 atom stereocenters. The predicted octanol–water partition coefficient (Wildman–Crippen LogP) is 7.08. The van der Waals surface area contributed by atoms with Gasteiger partial charge in [-0.05, 0) is 117 Å². The lowest BCUT2D eigenvalue weighted by atomic mass is 9.89. The SMILES string of the molecule is O=S(=O)(CCCCNCCCCCC1=C(c2ccc(F)cc2)CCCc2cc(O)ccc21)CCC(F)(F)F. The van der Waals surface area contributed by atoms with Crippen molar-refractivity contribution in [1.29, 1.82) is 0 Å². The van der Waals surface area contributed by atoms with E-state index in [1.165, 1.54) is 23.3 Å². The van der Waals surface area contributed by atoms with Crippen molar-refractivity contribution in [2.45, 2.75) is 70.4 Å². The Labute approximate surface area is 223 Å². The largest absolute Gasteiger partial charge is 0.508 e. The highest BCUT2D eigenvalue weighted by atomic mass is 32.2. The van der Waals surface area contributed by atoms with Crippen LogP contribution >= 0.6 is 0 Å². The van der Waals surface area contributed by atoms with E-state index in [1.807, 2.05) is 24.3 Å². The van der Waals surface area contributed by atoms with Gasteiger partial charge in [-0.3, -0.25) is 0 Å². The van der Waals surface area contributed by atoms with Crippen molar-refractivity contribution in [3.05, 3.63) is 65.0 Å². The Kier molecular flexibility index (Phi) is 11.2. The summed E-state index contributed by atoms with van der Waals surface area (Å²) in [5.74, 6) is -1.05. The minimum atomic E-state index is -4.45. The van der Waals surface area contributed by atoms with Crippen molar-refractivity contribution >= 4 is 21.0 Å². The number of aryl methyl sites for hydroxylation is 1. The van der Waals surface area contributed by atoms with Crippen LogP contribution < -0.4 is 5.32 Å². The Morgan fingerprint density at radius 2 is 1.58 bits per heavy atom. The summed E-state index contributed by atoms with van der Waals surface area (Å²) in [6.45, 7) is 1.42. The van der Waals surface area contributed by atoms with Crippen LogP contribution in [0, 0.1) is 5.82 Å². The number of allylic oxidation sites excluding steroid dienone is 2. The molecule has 0 radical (unpaired) electrons. The number of aromatic hydroxyl groups is 1. The minimum Gasteiger partial charge on any atom is -0.508 e. The third-order valence-electron chi connectivity index (χ3n) is 6.88. The molecule has 0 fully saturated rings. The molecule has 1 aliphatic rings. The standard InChI is InChI=1S/C29H37F4NO3S/c30-24-12-10-22(11-13-24)26-9-6-7-23-21-25(35)14-15-27(23)28(26)8-2-1-3-17-34-18-4-5-19-38(36,37)20-16-29(31,32)33/h10-15,21,34-35H,1-9,16-20H2. The van der Waals surface area contributed by atoms with Gasteiger partial charge in [0.1, 0.15) is 11.6 Å². The van der Waals surface area contributed by atoms with Gasteiger partial charge < -0.3 is 10.4 Å². The van der Waals surface area contributed by atoms with E-state index >= 15 is 0 Å². The molecule has 38 heavy (non-hydrogen) atoms. The summed E-state index contributed by atoms with van der Waals surface area (Å²) in [7, 11) is -3.67. The van der Waals surface area contributed by atoms with E-state index in [0.29, 0.717) is 19.4 Å². The normalized spacial score (nSPS) is 14.4. The first-order chi connectivity index (χ1) is 18.0.